The molecule has 1 aromatic heterocycles. The minimum absolute atomic E-state index is 0.618. The number of hydrazine groups is 1. The standard InChI is InChI=1S/C21H19N3O/c1-2-23-19-11-7-6-10-17(19)18-12-15(14-25)13-20(21(18)23)24(22)16-8-4-3-5-9-16/h3-14H,2,22H2,1H3. The number of nitrogens with two attached hydrogens (primary N) is 1. The van der Waals surface area contributed by atoms with Crippen LogP contribution in [0.25, 0.3) is 21.8 Å². The highest BCUT2D eigenvalue weighted by atomic mass is 16.1. The van der Waals surface area contributed by atoms with Gasteiger partial charge in [0.05, 0.1) is 16.9 Å². The van der Waals surface area contributed by atoms with E-state index in [9.17, 15) is 4.79 Å². The van der Waals surface area contributed by atoms with Gasteiger partial charge in [-0.3, -0.25) is 9.80 Å². The van der Waals surface area contributed by atoms with Gasteiger partial charge in [0, 0.05) is 28.4 Å². The van der Waals surface area contributed by atoms with Crippen LogP contribution in [-0.2, 0) is 6.54 Å². The molecule has 4 rings (SSSR count). The van der Waals surface area contributed by atoms with Gasteiger partial charge in [0.2, 0.25) is 0 Å². The lowest BCUT2D eigenvalue weighted by atomic mass is 10.1. The van der Waals surface area contributed by atoms with Gasteiger partial charge in [-0.05, 0) is 37.3 Å². The molecular weight excluding hydrogens is 310 g/mol. The van der Waals surface area contributed by atoms with E-state index in [0.717, 1.165) is 46.0 Å². The average molecular weight is 329 g/mol. The number of fused-ring (bicyclic) bond motifs is 3. The molecular formula is C21H19N3O. The van der Waals surface area contributed by atoms with Gasteiger partial charge in [-0.25, -0.2) is 5.84 Å². The lowest BCUT2D eigenvalue weighted by molar-refractivity contribution is 0.112. The van der Waals surface area contributed by atoms with Crippen LogP contribution in [0.2, 0.25) is 0 Å². The number of hydrogen-bond acceptors (Lipinski definition) is 3. The molecule has 124 valence electrons. The fraction of sp³-hybridized carbons (Fsp3) is 0.0952. The number of aromatic nitrogens is 1. The first-order chi connectivity index (χ1) is 12.2. The SMILES string of the molecule is CCn1c2ccccc2c2cc(C=O)cc(N(N)c3ccccc3)c21. The molecule has 1 heterocycles. The van der Waals surface area contributed by atoms with E-state index in [2.05, 4.69) is 23.6 Å². The highest BCUT2D eigenvalue weighted by Gasteiger charge is 2.18. The Kier molecular flexibility index (Phi) is 3.75. The van der Waals surface area contributed by atoms with Crippen molar-refractivity contribution in [1.82, 2.24) is 4.57 Å². The molecule has 0 aliphatic heterocycles. The maximum Gasteiger partial charge on any atom is 0.150 e. The zero-order valence-corrected chi connectivity index (χ0v) is 14.0. The predicted octanol–water partition coefficient (Wildman–Crippen LogP) is 4.64. The predicted molar refractivity (Wildman–Crippen MR) is 103 cm³/mol. The molecule has 0 fully saturated rings. The average Bonchev–Trinajstić information content (AvgIpc) is 3.01. The molecule has 25 heavy (non-hydrogen) atoms. The maximum absolute atomic E-state index is 11.5. The van der Waals surface area contributed by atoms with E-state index >= 15 is 0 Å². The van der Waals surface area contributed by atoms with Crippen molar-refractivity contribution in [1.29, 1.82) is 0 Å². The van der Waals surface area contributed by atoms with Crippen molar-refractivity contribution in [3.63, 3.8) is 0 Å². The van der Waals surface area contributed by atoms with Crippen LogP contribution in [0, 0.1) is 0 Å². The largest absolute Gasteiger partial charge is 0.339 e. The number of carbonyl (C=O) groups excluding carboxylic acids is 1. The fourth-order valence-electron chi connectivity index (χ4n) is 3.49. The Morgan fingerprint density at radius 1 is 1.00 bits per heavy atom. The molecule has 0 saturated heterocycles. The van der Waals surface area contributed by atoms with Crippen LogP contribution in [0.4, 0.5) is 11.4 Å². The van der Waals surface area contributed by atoms with Crippen molar-refractivity contribution >= 4 is 39.5 Å². The monoisotopic (exact) mass is 329 g/mol. The molecule has 0 atom stereocenters. The van der Waals surface area contributed by atoms with Crippen molar-refractivity contribution in [2.75, 3.05) is 5.01 Å². The third-order valence-electron chi connectivity index (χ3n) is 4.61. The highest BCUT2D eigenvalue weighted by Crippen LogP contribution is 2.37. The third-order valence-corrected chi connectivity index (χ3v) is 4.61. The van der Waals surface area contributed by atoms with E-state index in [4.69, 9.17) is 5.84 Å². The number of nitrogens with zero attached hydrogens (tertiary/aromatic N) is 2. The fourth-order valence-corrected chi connectivity index (χ4v) is 3.49. The Morgan fingerprint density at radius 3 is 2.44 bits per heavy atom. The van der Waals surface area contributed by atoms with Crippen LogP contribution in [0.5, 0.6) is 0 Å². The van der Waals surface area contributed by atoms with Crippen molar-refractivity contribution < 1.29 is 4.79 Å². The van der Waals surface area contributed by atoms with E-state index in [1.165, 1.54) is 0 Å². The lowest BCUT2D eigenvalue weighted by Gasteiger charge is -2.21. The number of para-hydroxylation sites is 2. The summed E-state index contributed by atoms with van der Waals surface area (Å²) in [5.74, 6) is 6.46. The summed E-state index contributed by atoms with van der Waals surface area (Å²) in [7, 11) is 0. The number of anilines is 2. The van der Waals surface area contributed by atoms with Crippen LogP contribution < -0.4 is 10.9 Å². The molecule has 0 aliphatic rings. The topological polar surface area (TPSA) is 51.3 Å². The Balaban J connectivity index is 2.11. The molecule has 0 bridgehead atoms. The van der Waals surface area contributed by atoms with Gasteiger partial charge in [0.25, 0.3) is 0 Å². The summed E-state index contributed by atoms with van der Waals surface area (Å²) >= 11 is 0. The van der Waals surface area contributed by atoms with Crippen LogP contribution in [0.1, 0.15) is 17.3 Å². The number of rotatable bonds is 4. The first kappa shape index (κ1) is 15.4. The minimum Gasteiger partial charge on any atom is -0.339 e. The molecule has 0 amide bonds. The highest BCUT2D eigenvalue weighted by molar-refractivity contribution is 6.14. The van der Waals surface area contributed by atoms with Crippen molar-refractivity contribution in [2.24, 2.45) is 5.84 Å². The first-order valence-corrected chi connectivity index (χ1v) is 8.34. The summed E-state index contributed by atoms with van der Waals surface area (Å²) in [4.78, 5) is 11.5. The van der Waals surface area contributed by atoms with Crippen LogP contribution in [0.3, 0.4) is 0 Å². The van der Waals surface area contributed by atoms with Crippen LogP contribution in [-0.4, -0.2) is 10.9 Å². The Morgan fingerprint density at radius 2 is 1.72 bits per heavy atom. The Hall–Kier alpha value is -3.11. The van der Waals surface area contributed by atoms with Crippen molar-refractivity contribution in [2.45, 2.75) is 13.5 Å². The first-order valence-electron chi connectivity index (χ1n) is 8.34. The van der Waals surface area contributed by atoms with Gasteiger partial charge in [-0.15, -0.1) is 0 Å². The van der Waals surface area contributed by atoms with Gasteiger partial charge in [-0.1, -0.05) is 36.4 Å². The minimum atomic E-state index is 0.618. The van der Waals surface area contributed by atoms with E-state index in [1.54, 1.807) is 5.01 Å². The second kappa shape index (κ2) is 6.07. The smallest absolute Gasteiger partial charge is 0.150 e. The molecule has 2 N–H and O–H groups in total. The van der Waals surface area contributed by atoms with E-state index < -0.39 is 0 Å². The number of benzene rings is 3. The van der Waals surface area contributed by atoms with Gasteiger partial charge >= 0.3 is 0 Å². The number of hydrogen-bond donors (Lipinski definition) is 1. The summed E-state index contributed by atoms with van der Waals surface area (Å²) in [5, 5.41) is 3.83. The molecule has 3 aromatic carbocycles. The van der Waals surface area contributed by atoms with E-state index in [0.29, 0.717) is 5.56 Å². The second-order valence-electron chi connectivity index (χ2n) is 6.02. The summed E-state index contributed by atoms with van der Waals surface area (Å²) in [5.41, 5.74) is 4.50. The van der Waals surface area contributed by atoms with E-state index in [1.807, 2.05) is 54.6 Å². The molecule has 4 aromatic rings. The summed E-state index contributed by atoms with van der Waals surface area (Å²) in [6, 6.07) is 21.8. The molecule has 0 saturated carbocycles. The Bertz CT molecular complexity index is 1070. The molecule has 0 radical (unpaired) electrons. The number of aryl methyl sites for hydroxylation is 1. The molecule has 4 heteroatoms. The summed E-state index contributed by atoms with van der Waals surface area (Å²) < 4.78 is 2.25. The molecule has 0 aliphatic carbocycles. The Labute approximate surface area is 146 Å². The zero-order chi connectivity index (χ0) is 17.4. The van der Waals surface area contributed by atoms with Crippen LogP contribution in [0.15, 0.2) is 66.7 Å². The van der Waals surface area contributed by atoms with Gasteiger partial charge in [-0.2, -0.15) is 0 Å². The molecule has 0 unspecified atom stereocenters. The van der Waals surface area contributed by atoms with Crippen molar-refractivity contribution in [3.8, 4) is 0 Å². The van der Waals surface area contributed by atoms with Gasteiger partial charge < -0.3 is 4.57 Å². The third kappa shape index (κ3) is 2.39. The second-order valence-corrected chi connectivity index (χ2v) is 6.02. The van der Waals surface area contributed by atoms with Gasteiger partial charge in [0.1, 0.15) is 6.29 Å². The number of aldehydes is 1. The quantitative estimate of drug-likeness (QED) is 0.337. The van der Waals surface area contributed by atoms with E-state index in [-0.39, 0.29) is 0 Å². The van der Waals surface area contributed by atoms with Crippen LogP contribution >= 0.6 is 0 Å². The molecule has 4 nitrogen and oxygen atoms in total. The maximum atomic E-state index is 11.5. The number of carbonyl (C=O) groups is 1. The zero-order valence-electron chi connectivity index (χ0n) is 14.0. The lowest BCUT2D eigenvalue weighted by Crippen LogP contribution is -2.25. The summed E-state index contributed by atoms with van der Waals surface area (Å²) in [6.45, 7) is 2.94. The van der Waals surface area contributed by atoms with Gasteiger partial charge in [0.15, 0.2) is 0 Å². The normalized spacial score (nSPS) is 11.1. The summed E-state index contributed by atoms with van der Waals surface area (Å²) in [6.07, 6.45) is 0.875. The molecule has 0 spiro atoms. The van der Waals surface area contributed by atoms with Crippen molar-refractivity contribution in [3.05, 3.63) is 72.3 Å².